The number of hydrogen-bond donors (Lipinski definition) is 0. The molecule has 0 saturated carbocycles. The fourth-order valence-electron chi connectivity index (χ4n) is 0. The molecule has 8 N–H and O–H groups in total. The fraction of sp³-hybridized carbons (Fsp3) is 0. The molecule has 0 saturated heterocycles. The maximum absolute atomic E-state index is 9.75. The van der Waals surface area contributed by atoms with Crippen LogP contribution in [0.3, 0.4) is 0 Å². The summed E-state index contributed by atoms with van der Waals surface area (Å²) in [5.41, 5.74) is 0. The molecule has 0 aliphatic carbocycles. The van der Waals surface area contributed by atoms with Crippen molar-refractivity contribution in [1.29, 1.82) is 0 Å². The van der Waals surface area contributed by atoms with Gasteiger partial charge in [-0.3, -0.25) is 0 Å². The van der Waals surface area contributed by atoms with Crippen molar-refractivity contribution in [3.05, 3.63) is 24.6 Å². The van der Waals surface area contributed by atoms with Gasteiger partial charge in [0.25, 0.3) is 0 Å². The number of rotatable bonds is 0. The number of hydrogen-bond acceptors (Lipinski definition) is 0. The van der Waals surface area contributed by atoms with Gasteiger partial charge in [0.1, 0.15) is 0 Å². The first kappa shape index (κ1) is 45.9. The van der Waals surface area contributed by atoms with Gasteiger partial charge in [-0.15, -0.1) is 0 Å². The van der Waals surface area contributed by atoms with Crippen molar-refractivity contribution in [1.82, 2.24) is 0 Å². The molecule has 0 rings (SSSR count). The second kappa shape index (κ2) is 16.5. The van der Waals surface area contributed by atoms with Crippen molar-refractivity contribution in [2.75, 3.05) is 0 Å². The van der Waals surface area contributed by atoms with Gasteiger partial charge in [0.15, 0.2) is 0 Å². The normalized spacial score (nSPS) is 8.00. The largest absolute Gasteiger partial charge is 2.00 e. The summed E-state index contributed by atoms with van der Waals surface area (Å²) in [7, 11) is -12.0. The summed E-state index contributed by atoms with van der Waals surface area (Å²) >= 11 is 0. The van der Waals surface area contributed by atoms with E-state index in [4.69, 9.17) is 0 Å². The Morgan fingerprint density at radius 3 is 0.400 bits per heavy atom. The average Bonchev–Trinajstić information content (AvgIpc) is 1.12. The van der Waals surface area contributed by atoms with Crippen molar-refractivity contribution in [2.24, 2.45) is 0 Å². The van der Waals surface area contributed by atoms with Crippen LogP contribution >= 0.6 is 0 Å². The zero-order chi connectivity index (χ0) is 9.00. The Kier molecular flexibility index (Phi) is 50.3. The van der Waals surface area contributed by atoms with Gasteiger partial charge in [-0.25, -0.2) is 0 Å². The molecule has 0 atom stereocenters. The van der Waals surface area contributed by atoms with E-state index >= 15 is 0 Å². The molecule has 96 valence electrons. The second-order valence-corrected chi connectivity index (χ2v) is 0.990. The van der Waals surface area contributed by atoms with Crippen LogP contribution in [0.4, 0.5) is 34.5 Å². The fourth-order valence-corrected chi connectivity index (χ4v) is 0. The maximum Gasteiger partial charge on any atom is 2.00 e. The minimum absolute atomic E-state index is 0. The standard InChI is InChI=1S/2BF4.4H2N.Zn/c2*2-1(3,4)5;;;;;/h;;4*1H2;/q6*-1;+2. The Balaban J connectivity index is -0.0000000128. The molecule has 0 unspecified atom stereocenters. The Morgan fingerprint density at radius 1 is 0.400 bits per heavy atom. The first-order chi connectivity index (χ1) is 4.00. The molecule has 0 bridgehead atoms. The quantitative estimate of drug-likeness (QED) is 0.414. The van der Waals surface area contributed by atoms with Gasteiger partial charge >= 0.3 is 34.0 Å². The summed E-state index contributed by atoms with van der Waals surface area (Å²) in [6.45, 7) is 0. The molecular weight excluding hydrogens is 295 g/mol. The van der Waals surface area contributed by atoms with Crippen molar-refractivity contribution >= 4 is 14.5 Å². The van der Waals surface area contributed by atoms with Crippen LogP contribution < -0.4 is 0 Å². The van der Waals surface area contributed by atoms with Gasteiger partial charge in [0.05, 0.1) is 0 Å². The van der Waals surface area contributed by atoms with Crippen LogP contribution in [0.1, 0.15) is 0 Å². The van der Waals surface area contributed by atoms with Gasteiger partial charge in [-0.05, 0) is 0 Å². The molecule has 0 aliphatic rings. The maximum atomic E-state index is 9.75. The van der Waals surface area contributed by atoms with Crippen LogP contribution in [0, 0.1) is 0 Å². The third-order valence-corrected chi connectivity index (χ3v) is 0. The summed E-state index contributed by atoms with van der Waals surface area (Å²) in [6, 6.07) is 0. The smallest absolute Gasteiger partial charge is 0.693 e. The van der Waals surface area contributed by atoms with Gasteiger partial charge in [0, 0.05) is 0 Å². The summed E-state index contributed by atoms with van der Waals surface area (Å²) in [5.74, 6) is 0. The zero-order valence-electron chi connectivity index (χ0n) is 7.19. The van der Waals surface area contributed by atoms with Crippen molar-refractivity contribution in [2.45, 2.75) is 0 Å². The number of halogens is 8. The second-order valence-electron chi connectivity index (χ2n) is 0.990. The Bertz CT molecular complexity index is 67.6. The first-order valence-electron chi connectivity index (χ1n) is 1.75. The van der Waals surface area contributed by atoms with Crippen LogP contribution in [0.15, 0.2) is 0 Å². The van der Waals surface area contributed by atoms with Crippen LogP contribution in [-0.4, -0.2) is 14.5 Å². The Hall–Kier alpha value is 0.0332. The monoisotopic (exact) mass is 302 g/mol. The van der Waals surface area contributed by atoms with E-state index in [9.17, 15) is 34.5 Å². The molecule has 0 aromatic rings. The molecule has 15 heavy (non-hydrogen) atoms. The molecule has 4 nitrogen and oxygen atoms in total. The molecule has 0 aromatic carbocycles. The van der Waals surface area contributed by atoms with E-state index in [1.807, 2.05) is 0 Å². The van der Waals surface area contributed by atoms with E-state index < -0.39 is 14.5 Å². The topological polar surface area (TPSA) is 134 Å². The summed E-state index contributed by atoms with van der Waals surface area (Å²) in [5, 5.41) is 0. The molecule has 0 aromatic heterocycles. The predicted octanol–water partition coefficient (Wildman–Crippen LogP) is 5.47. The average molecular weight is 303 g/mol. The molecule has 0 aliphatic heterocycles. The van der Waals surface area contributed by atoms with Gasteiger partial charge in [-0.2, -0.15) is 0 Å². The minimum atomic E-state index is -6.00. The molecule has 0 heterocycles. The van der Waals surface area contributed by atoms with E-state index in [-0.39, 0.29) is 44.1 Å². The zero-order valence-corrected chi connectivity index (χ0v) is 10.2. The van der Waals surface area contributed by atoms with E-state index in [2.05, 4.69) is 0 Å². The minimum Gasteiger partial charge on any atom is -0.693 e. The SMILES string of the molecule is F[B-](F)(F)F.F[B-](F)(F)F.[NH2-].[NH2-].[NH2-].[NH2-].[Zn+2]. The van der Waals surface area contributed by atoms with Crippen molar-refractivity contribution in [3.8, 4) is 0 Å². The van der Waals surface area contributed by atoms with E-state index in [1.165, 1.54) is 0 Å². The Labute approximate surface area is 93.8 Å². The van der Waals surface area contributed by atoms with Crippen LogP contribution in [0.2, 0.25) is 0 Å². The molecule has 0 spiro atoms. The molecular formula is H8B2F8N4Zn-4. The van der Waals surface area contributed by atoms with Gasteiger partial charge in [0.2, 0.25) is 0 Å². The summed E-state index contributed by atoms with van der Waals surface area (Å²) in [4.78, 5) is 0. The van der Waals surface area contributed by atoms with E-state index in [0.717, 1.165) is 0 Å². The molecule has 0 radical (unpaired) electrons. The first-order valence-corrected chi connectivity index (χ1v) is 1.75. The molecule has 0 fully saturated rings. The van der Waals surface area contributed by atoms with Gasteiger partial charge < -0.3 is 59.1 Å². The van der Waals surface area contributed by atoms with Crippen molar-refractivity contribution in [3.63, 3.8) is 0 Å². The predicted molar refractivity (Wildman–Crippen MR) is 41.5 cm³/mol. The van der Waals surface area contributed by atoms with E-state index in [1.54, 1.807) is 0 Å². The molecule has 15 heteroatoms. The van der Waals surface area contributed by atoms with Crippen LogP contribution in [-0.2, 0) is 19.5 Å². The summed E-state index contributed by atoms with van der Waals surface area (Å²) < 4.78 is 78.0. The third kappa shape index (κ3) is 1840000. The van der Waals surface area contributed by atoms with E-state index in [0.29, 0.717) is 0 Å². The Morgan fingerprint density at radius 2 is 0.400 bits per heavy atom. The number of nitrogens with two attached hydrogens (primary N) is 4. The van der Waals surface area contributed by atoms with Gasteiger partial charge in [-0.1, -0.05) is 0 Å². The molecule has 0 amide bonds. The van der Waals surface area contributed by atoms with Crippen LogP contribution in [0.5, 0.6) is 0 Å². The third-order valence-electron chi connectivity index (χ3n) is 0. The van der Waals surface area contributed by atoms with Crippen molar-refractivity contribution < 1.29 is 54.0 Å². The van der Waals surface area contributed by atoms with Crippen LogP contribution in [0.25, 0.3) is 24.6 Å². The summed E-state index contributed by atoms with van der Waals surface area (Å²) in [6.07, 6.45) is 0.